The number of nitrogens with zero attached hydrogens (tertiary/aromatic N) is 1. The number of carbonyl (C=O) groups excluding carboxylic acids is 1. The smallest absolute Gasteiger partial charge is 0.343 e. The van der Waals surface area contributed by atoms with Crippen molar-refractivity contribution in [2.45, 2.75) is 6.61 Å². The molecule has 0 aliphatic carbocycles. The van der Waals surface area contributed by atoms with Gasteiger partial charge in [0, 0.05) is 11.1 Å². The SMILES string of the molecule is COC(=O)c1cc(Cl)c(COc2cccc(-c3cccc(N)c3Cl)c2Cl)nc1OC. The maximum Gasteiger partial charge on any atom is 0.343 e. The van der Waals surface area contributed by atoms with E-state index in [9.17, 15) is 4.79 Å². The summed E-state index contributed by atoms with van der Waals surface area (Å²) in [5.41, 5.74) is 8.18. The molecule has 0 aliphatic rings. The first-order chi connectivity index (χ1) is 14.4. The Morgan fingerprint density at radius 3 is 2.37 bits per heavy atom. The van der Waals surface area contributed by atoms with E-state index in [0.29, 0.717) is 38.3 Å². The summed E-state index contributed by atoms with van der Waals surface area (Å²) in [5, 5.41) is 0.992. The van der Waals surface area contributed by atoms with E-state index in [1.54, 1.807) is 24.3 Å². The highest BCUT2D eigenvalue weighted by atomic mass is 35.5. The summed E-state index contributed by atoms with van der Waals surface area (Å²) in [6, 6.07) is 12.0. The first-order valence-electron chi connectivity index (χ1n) is 8.64. The minimum Gasteiger partial charge on any atom is -0.486 e. The van der Waals surface area contributed by atoms with Crippen molar-refractivity contribution in [2.75, 3.05) is 20.0 Å². The van der Waals surface area contributed by atoms with Crippen LogP contribution in [0.15, 0.2) is 42.5 Å². The molecule has 0 fully saturated rings. The van der Waals surface area contributed by atoms with Gasteiger partial charge in [0.25, 0.3) is 0 Å². The van der Waals surface area contributed by atoms with Crippen LogP contribution >= 0.6 is 34.8 Å². The van der Waals surface area contributed by atoms with Gasteiger partial charge in [-0.2, -0.15) is 0 Å². The highest BCUT2D eigenvalue weighted by Gasteiger charge is 2.19. The summed E-state index contributed by atoms with van der Waals surface area (Å²) in [7, 11) is 2.65. The number of hydrogen-bond donors (Lipinski definition) is 1. The minimum absolute atomic E-state index is 0.00944. The largest absolute Gasteiger partial charge is 0.486 e. The van der Waals surface area contributed by atoms with Crippen molar-refractivity contribution in [3.05, 3.63) is 68.8 Å². The third-order valence-corrected chi connectivity index (χ3v) is 5.40. The summed E-state index contributed by atoms with van der Waals surface area (Å²) in [5.74, 6) is -0.124. The Morgan fingerprint density at radius 1 is 1.03 bits per heavy atom. The normalized spacial score (nSPS) is 10.6. The Bertz CT molecular complexity index is 1110. The maximum absolute atomic E-state index is 11.8. The molecule has 0 saturated carbocycles. The van der Waals surface area contributed by atoms with Crippen LogP contribution in [0.1, 0.15) is 16.1 Å². The summed E-state index contributed by atoms with van der Waals surface area (Å²) in [4.78, 5) is 16.1. The van der Waals surface area contributed by atoms with E-state index < -0.39 is 5.97 Å². The van der Waals surface area contributed by atoms with Crippen LogP contribution < -0.4 is 15.2 Å². The Balaban J connectivity index is 1.90. The van der Waals surface area contributed by atoms with Gasteiger partial charge in [-0.1, -0.05) is 59.1 Å². The van der Waals surface area contributed by atoms with Gasteiger partial charge in [-0.3, -0.25) is 0 Å². The second kappa shape index (κ2) is 9.43. The fourth-order valence-corrected chi connectivity index (χ4v) is 3.47. The van der Waals surface area contributed by atoms with Crippen molar-refractivity contribution >= 4 is 46.5 Å². The lowest BCUT2D eigenvalue weighted by atomic mass is 10.0. The summed E-state index contributed by atoms with van der Waals surface area (Å²) >= 11 is 19.1. The number of pyridine rings is 1. The molecule has 0 aliphatic heterocycles. The summed E-state index contributed by atoms with van der Waals surface area (Å²) in [6.45, 7) is -0.00944. The zero-order valence-electron chi connectivity index (χ0n) is 16.0. The highest BCUT2D eigenvalue weighted by Crippen LogP contribution is 2.40. The Labute approximate surface area is 188 Å². The lowest BCUT2D eigenvalue weighted by Crippen LogP contribution is -2.09. The summed E-state index contributed by atoms with van der Waals surface area (Å²) in [6.07, 6.45) is 0. The van der Waals surface area contributed by atoms with Gasteiger partial charge in [0.15, 0.2) is 0 Å². The first kappa shape index (κ1) is 22.0. The van der Waals surface area contributed by atoms with E-state index in [0.717, 1.165) is 0 Å². The molecule has 3 aromatic rings. The molecule has 2 N–H and O–H groups in total. The molecule has 0 radical (unpaired) electrons. The average molecular weight is 468 g/mol. The zero-order valence-corrected chi connectivity index (χ0v) is 18.3. The molecule has 0 amide bonds. The number of nitrogens with two attached hydrogens (primary N) is 1. The van der Waals surface area contributed by atoms with Crippen LogP contribution in [0.5, 0.6) is 11.6 Å². The van der Waals surface area contributed by atoms with Crippen molar-refractivity contribution in [3.63, 3.8) is 0 Å². The van der Waals surface area contributed by atoms with Crippen molar-refractivity contribution in [2.24, 2.45) is 0 Å². The van der Waals surface area contributed by atoms with E-state index in [1.807, 2.05) is 12.1 Å². The van der Waals surface area contributed by atoms with E-state index in [-0.39, 0.29) is 23.1 Å². The van der Waals surface area contributed by atoms with Gasteiger partial charge in [0.05, 0.1) is 35.0 Å². The monoisotopic (exact) mass is 466 g/mol. The Hall–Kier alpha value is -2.67. The van der Waals surface area contributed by atoms with E-state index in [1.165, 1.54) is 20.3 Å². The van der Waals surface area contributed by atoms with Crippen LogP contribution in [-0.2, 0) is 11.3 Å². The van der Waals surface area contributed by atoms with Gasteiger partial charge in [-0.05, 0) is 18.2 Å². The third kappa shape index (κ3) is 4.41. The van der Waals surface area contributed by atoms with Crippen molar-refractivity contribution < 1.29 is 19.0 Å². The lowest BCUT2D eigenvalue weighted by Gasteiger charge is -2.14. The van der Waals surface area contributed by atoms with Crippen molar-refractivity contribution in [1.82, 2.24) is 4.98 Å². The number of carbonyl (C=O) groups is 1. The molecule has 0 saturated heterocycles. The van der Waals surface area contributed by atoms with E-state index in [2.05, 4.69) is 4.98 Å². The number of esters is 1. The van der Waals surface area contributed by atoms with Gasteiger partial charge in [-0.15, -0.1) is 0 Å². The van der Waals surface area contributed by atoms with Gasteiger partial charge in [0.2, 0.25) is 5.88 Å². The molecular weight excluding hydrogens is 451 g/mol. The van der Waals surface area contributed by atoms with E-state index in [4.69, 9.17) is 54.7 Å². The van der Waals surface area contributed by atoms with Crippen LogP contribution in [0.2, 0.25) is 15.1 Å². The fraction of sp³-hybridized carbons (Fsp3) is 0.143. The fourth-order valence-electron chi connectivity index (χ4n) is 2.76. The molecule has 3 rings (SSSR count). The van der Waals surface area contributed by atoms with Crippen molar-refractivity contribution in [1.29, 1.82) is 0 Å². The van der Waals surface area contributed by atoms with Gasteiger partial charge >= 0.3 is 5.97 Å². The molecule has 156 valence electrons. The summed E-state index contributed by atoms with van der Waals surface area (Å²) < 4.78 is 15.7. The van der Waals surface area contributed by atoms with Crippen LogP contribution in [-0.4, -0.2) is 25.2 Å². The van der Waals surface area contributed by atoms with E-state index >= 15 is 0 Å². The molecule has 1 aromatic heterocycles. The molecule has 9 heteroatoms. The van der Waals surface area contributed by atoms with Crippen LogP contribution in [0.3, 0.4) is 0 Å². The number of rotatable bonds is 6. The average Bonchev–Trinajstić information content (AvgIpc) is 2.75. The van der Waals surface area contributed by atoms with Gasteiger partial charge in [0.1, 0.15) is 23.6 Å². The first-order valence-corrected chi connectivity index (χ1v) is 9.78. The van der Waals surface area contributed by atoms with Crippen LogP contribution in [0.25, 0.3) is 11.1 Å². The highest BCUT2D eigenvalue weighted by molar-refractivity contribution is 6.38. The van der Waals surface area contributed by atoms with Crippen molar-refractivity contribution in [3.8, 4) is 22.8 Å². The maximum atomic E-state index is 11.8. The molecular formula is C21H17Cl3N2O4. The molecule has 0 atom stereocenters. The number of ether oxygens (including phenoxy) is 3. The number of nitrogen functional groups attached to an aromatic ring is 1. The molecule has 0 spiro atoms. The molecule has 6 nitrogen and oxygen atoms in total. The molecule has 0 bridgehead atoms. The molecule has 1 heterocycles. The van der Waals surface area contributed by atoms with Gasteiger partial charge in [-0.25, -0.2) is 9.78 Å². The zero-order chi connectivity index (χ0) is 21.8. The second-order valence-electron chi connectivity index (χ2n) is 6.08. The van der Waals surface area contributed by atoms with Crippen LogP contribution in [0.4, 0.5) is 5.69 Å². The van der Waals surface area contributed by atoms with Crippen LogP contribution in [0, 0.1) is 0 Å². The number of anilines is 1. The minimum atomic E-state index is -0.608. The molecule has 0 unspecified atom stereocenters. The predicted octanol–water partition coefficient (Wildman–Crippen LogP) is 5.67. The standard InChI is InChI=1S/C21H17Cl3N2O4/c1-28-20-13(21(27)29-2)9-14(22)16(26-20)10-30-17-8-4-6-12(19(17)24)11-5-3-7-15(25)18(11)23/h3-9H,10,25H2,1-2H3. The molecule has 2 aromatic carbocycles. The number of aromatic nitrogens is 1. The van der Waals surface area contributed by atoms with Gasteiger partial charge < -0.3 is 19.9 Å². The topological polar surface area (TPSA) is 83.7 Å². The quantitative estimate of drug-likeness (QED) is 0.372. The third-order valence-electron chi connectivity index (χ3n) is 4.26. The Kier molecular flexibility index (Phi) is 6.92. The second-order valence-corrected chi connectivity index (χ2v) is 7.24. The Morgan fingerprint density at radius 2 is 1.70 bits per heavy atom. The predicted molar refractivity (Wildman–Crippen MR) is 118 cm³/mol. The lowest BCUT2D eigenvalue weighted by molar-refractivity contribution is 0.0596. The number of halogens is 3. The number of benzene rings is 2. The molecule has 30 heavy (non-hydrogen) atoms. The number of hydrogen-bond acceptors (Lipinski definition) is 6. The number of methoxy groups -OCH3 is 2.